The first-order valence-corrected chi connectivity index (χ1v) is 24.4. The second kappa shape index (κ2) is 25.8. The molecule has 0 bridgehead atoms. The van der Waals surface area contributed by atoms with Crippen LogP contribution in [0.15, 0.2) is 70.5 Å². The largest absolute Gasteiger partial charge is 0.461 e. The number of aryl methyl sites for hydroxylation is 1. The maximum atomic E-state index is 13.3. The Balaban J connectivity index is 1.59. The number of benzene rings is 2. The van der Waals surface area contributed by atoms with Gasteiger partial charge in [-0.1, -0.05) is 107 Å². The third-order valence-electron chi connectivity index (χ3n) is 9.70. The molecule has 0 atom stereocenters. The molecule has 0 aliphatic carbocycles. The summed E-state index contributed by atoms with van der Waals surface area (Å²) in [4.78, 5) is 99.5. The molecule has 0 saturated heterocycles. The summed E-state index contributed by atoms with van der Waals surface area (Å²) in [6, 6.07) is 14.7. The smallest absolute Gasteiger partial charge is 0.345 e. The lowest BCUT2D eigenvalue weighted by Crippen LogP contribution is -2.31. The Labute approximate surface area is 433 Å². The van der Waals surface area contributed by atoms with Crippen LogP contribution >= 0.6 is 0 Å². The van der Waals surface area contributed by atoms with Gasteiger partial charge in [0.1, 0.15) is 11.1 Å². The summed E-state index contributed by atoms with van der Waals surface area (Å²) in [6.07, 6.45) is 4.06. The van der Waals surface area contributed by atoms with Crippen molar-refractivity contribution in [3.05, 3.63) is 92.9 Å². The fourth-order valence-electron chi connectivity index (χ4n) is 5.97. The van der Waals surface area contributed by atoms with E-state index in [-0.39, 0.29) is 83.0 Å². The highest BCUT2D eigenvalue weighted by Crippen LogP contribution is 2.27. The van der Waals surface area contributed by atoms with Gasteiger partial charge in [-0.25, -0.2) is 24.0 Å². The molecule has 400 valence electrons. The minimum atomic E-state index is -0.789. The van der Waals surface area contributed by atoms with Crippen molar-refractivity contribution >= 4 is 77.2 Å². The van der Waals surface area contributed by atoms with Crippen LogP contribution in [0.5, 0.6) is 0 Å². The standard InChI is InChI=1S/C54H74N10O10/c1-34-27-41(65)59-47(57-34)63-50(70)56-26-16-15-25-55-46-60-48(58-37-21-17-35(18-22-37)28-39(42(66)71-30-51(2,3)4)43(67)72-31-52(5,6)7)62-49(61-46)64(14)38-23-19-36(20-24-38)29-40(44(68)73-32-53(8,9)10)45(69)74-33-54(11,12)13/h17-24,27-29H,15-16,25-26,30-33H2,1-14H3,(H2,55,58,60,61,62)(H3,56,57,59,63,65,70). The Morgan fingerprint density at radius 1 is 0.595 bits per heavy atom. The monoisotopic (exact) mass is 1020 g/mol. The molecule has 0 aliphatic heterocycles. The molecule has 2 aromatic carbocycles. The van der Waals surface area contributed by atoms with Gasteiger partial charge in [-0.3, -0.25) is 10.1 Å². The summed E-state index contributed by atoms with van der Waals surface area (Å²) >= 11 is 0. The van der Waals surface area contributed by atoms with Crippen LogP contribution in [0.4, 0.5) is 40.0 Å². The topological polar surface area (TPSA) is 258 Å². The van der Waals surface area contributed by atoms with Crippen molar-refractivity contribution < 1.29 is 42.9 Å². The van der Waals surface area contributed by atoms with Gasteiger partial charge in [-0.2, -0.15) is 19.9 Å². The quantitative estimate of drug-likeness (QED) is 0.0130. The summed E-state index contributed by atoms with van der Waals surface area (Å²) < 4.78 is 22.0. The lowest BCUT2D eigenvalue weighted by molar-refractivity contribution is -0.151. The molecule has 0 unspecified atom stereocenters. The summed E-state index contributed by atoms with van der Waals surface area (Å²) in [5.41, 5.74) is 0.609. The molecule has 20 nitrogen and oxygen atoms in total. The van der Waals surface area contributed by atoms with Gasteiger partial charge in [0.2, 0.25) is 23.8 Å². The van der Waals surface area contributed by atoms with Crippen LogP contribution in [-0.2, 0) is 38.1 Å². The zero-order chi connectivity index (χ0) is 55.0. The van der Waals surface area contributed by atoms with Gasteiger partial charge in [0.05, 0.1) is 26.4 Å². The van der Waals surface area contributed by atoms with E-state index in [0.29, 0.717) is 54.1 Å². The van der Waals surface area contributed by atoms with Gasteiger partial charge < -0.3 is 44.8 Å². The lowest BCUT2D eigenvalue weighted by atomic mass is 9.98. The minimum absolute atomic E-state index is 0.0441. The van der Waals surface area contributed by atoms with E-state index in [1.54, 1.807) is 67.4 Å². The number of hydrogen-bond acceptors (Lipinski definition) is 17. The second-order valence-electron chi connectivity index (χ2n) is 22.6. The van der Waals surface area contributed by atoms with E-state index < -0.39 is 35.5 Å². The van der Waals surface area contributed by atoms with Crippen molar-refractivity contribution in [2.75, 3.05) is 67.4 Å². The Morgan fingerprint density at radius 3 is 1.47 bits per heavy atom. The number of urea groups is 1. The van der Waals surface area contributed by atoms with Crippen LogP contribution in [0.1, 0.15) is 113 Å². The van der Waals surface area contributed by atoms with Crippen molar-refractivity contribution in [1.29, 1.82) is 0 Å². The van der Waals surface area contributed by atoms with Crippen LogP contribution in [0.25, 0.3) is 12.2 Å². The number of esters is 4. The highest BCUT2D eigenvalue weighted by atomic mass is 16.6. The van der Waals surface area contributed by atoms with Gasteiger partial charge >= 0.3 is 29.9 Å². The van der Waals surface area contributed by atoms with Gasteiger partial charge in [0, 0.05) is 43.3 Å². The molecule has 4 rings (SSSR count). The Hall–Kier alpha value is -7.64. The van der Waals surface area contributed by atoms with Crippen molar-refractivity contribution in [1.82, 2.24) is 30.2 Å². The first-order valence-electron chi connectivity index (χ1n) is 24.4. The van der Waals surface area contributed by atoms with Crippen molar-refractivity contribution in [3.63, 3.8) is 0 Å². The van der Waals surface area contributed by atoms with Crippen molar-refractivity contribution in [3.8, 4) is 0 Å². The van der Waals surface area contributed by atoms with Gasteiger partial charge in [0.15, 0.2) is 0 Å². The number of carbonyl (C=O) groups is 5. The zero-order valence-corrected chi connectivity index (χ0v) is 45.3. The van der Waals surface area contributed by atoms with Crippen molar-refractivity contribution in [2.24, 2.45) is 21.7 Å². The van der Waals surface area contributed by atoms with Crippen LogP contribution < -0.4 is 31.7 Å². The number of carbonyl (C=O) groups excluding carboxylic acids is 5. The Morgan fingerprint density at radius 2 is 1.03 bits per heavy atom. The van der Waals surface area contributed by atoms with Crippen LogP contribution in [0.3, 0.4) is 0 Å². The maximum absolute atomic E-state index is 13.3. The molecule has 0 radical (unpaired) electrons. The average Bonchev–Trinajstić information content (AvgIpc) is 3.29. The molecular weight excluding hydrogens is 949 g/mol. The summed E-state index contributed by atoms with van der Waals surface area (Å²) in [6.45, 7) is 25.9. The molecular formula is C54H74N10O10. The molecule has 2 amide bonds. The van der Waals surface area contributed by atoms with E-state index in [1.165, 1.54) is 18.2 Å². The fraction of sp³-hybridized carbons (Fsp3) is 0.481. The lowest BCUT2D eigenvalue weighted by Gasteiger charge is -2.20. The van der Waals surface area contributed by atoms with E-state index >= 15 is 0 Å². The summed E-state index contributed by atoms with van der Waals surface area (Å²) in [7, 11) is 1.77. The van der Waals surface area contributed by atoms with E-state index in [4.69, 9.17) is 28.9 Å². The molecule has 74 heavy (non-hydrogen) atoms. The maximum Gasteiger partial charge on any atom is 0.345 e. The highest BCUT2D eigenvalue weighted by Gasteiger charge is 2.27. The third-order valence-corrected chi connectivity index (χ3v) is 9.70. The van der Waals surface area contributed by atoms with Gasteiger partial charge in [-0.15, -0.1) is 0 Å². The predicted octanol–water partition coefficient (Wildman–Crippen LogP) is 8.91. The summed E-state index contributed by atoms with van der Waals surface area (Å²) in [5.74, 6) is -2.44. The third kappa shape index (κ3) is 21.6. The molecule has 5 N–H and O–H groups in total. The number of nitrogens with zero attached hydrogens (tertiary/aromatic N) is 5. The number of anilines is 6. The van der Waals surface area contributed by atoms with E-state index in [0.717, 1.165) is 0 Å². The number of H-pyrrole nitrogens is 1. The van der Waals surface area contributed by atoms with E-state index in [1.807, 2.05) is 83.1 Å². The van der Waals surface area contributed by atoms with Crippen LogP contribution in [0.2, 0.25) is 0 Å². The molecule has 4 aromatic rings. The number of ether oxygens (including phenoxy) is 4. The molecule has 0 spiro atoms. The zero-order valence-electron chi connectivity index (χ0n) is 45.3. The number of aromatic amines is 1. The van der Waals surface area contributed by atoms with Gasteiger partial charge in [0.25, 0.3) is 5.56 Å². The first kappa shape index (κ1) is 58.9. The number of rotatable bonds is 21. The Bertz CT molecular complexity index is 2640. The fourth-order valence-corrected chi connectivity index (χ4v) is 5.97. The molecule has 20 heteroatoms. The Kier molecular flexibility index (Phi) is 20.6. The van der Waals surface area contributed by atoms with Crippen LogP contribution in [0, 0.1) is 28.6 Å². The summed E-state index contributed by atoms with van der Waals surface area (Å²) in [5, 5.41) is 11.7. The van der Waals surface area contributed by atoms with Crippen molar-refractivity contribution in [2.45, 2.75) is 103 Å². The number of nitrogens with one attached hydrogen (secondary N) is 5. The number of unbranched alkanes of at least 4 members (excludes halogenated alkanes) is 1. The second-order valence-corrected chi connectivity index (χ2v) is 22.6. The minimum Gasteiger partial charge on any atom is -0.461 e. The normalized spacial score (nSPS) is 11.6. The first-order chi connectivity index (χ1) is 34.4. The number of amides is 2. The SMILES string of the molecule is Cc1cc(=O)nc(NC(=O)NCCCCNc2nc(Nc3ccc(C=C(C(=O)OCC(C)(C)C)C(=O)OCC(C)(C)C)cc3)nc(N(C)c3ccc(C=C(C(=O)OCC(C)(C)C)C(=O)OCC(C)(C)C)cc3)n2)[nH]1. The number of hydrogen-bond donors (Lipinski definition) is 5. The molecule has 0 fully saturated rings. The van der Waals surface area contributed by atoms with E-state index in [9.17, 15) is 28.8 Å². The molecule has 2 heterocycles. The van der Waals surface area contributed by atoms with E-state index in [2.05, 4.69) is 36.2 Å². The molecule has 2 aromatic heterocycles. The predicted molar refractivity (Wildman–Crippen MR) is 286 cm³/mol. The average molecular weight is 1020 g/mol. The van der Waals surface area contributed by atoms with Gasteiger partial charge in [-0.05, 0) is 89.0 Å². The molecule has 0 saturated carbocycles. The number of aromatic nitrogens is 5. The van der Waals surface area contributed by atoms with Crippen LogP contribution in [-0.4, -0.2) is 101 Å². The highest BCUT2D eigenvalue weighted by molar-refractivity contribution is 6.18. The molecule has 0 aliphatic rings.